The van der Waals surface area contributed by atoms with Gasteiger partial charge in [-0.15, -0.1) is 0 Å². The lowest BCUT2D eigenvalue weighted by molar-refractivity contribution is 0.0515. The third-order valence-electron chi connectivity index (χ3n) is 4.03. The standard InChI is InChI=1S/C21H19ClN2O3/c1-3-27-21(26)20-17(12-25)23-18(15-8-10-16(22)11-9-15)19(24-20)14-6-4-13(2)5-7-14/h4-11,25H,3,12H2,1-2H3. The normalized spacial score (nSPS) is 10.7. The van der Waals surface area contributed by atoms with Crippen molar-refractivity contribution in [2.75, 3.05) is 6.61 Å². The third-order valence-corrected chi connectivity index (χ3v) is 4.28. The van der Waals surface area contributed by atoms with E-state index in [9.17, 15) is 9.90 Å². The molecule has 0 spiro atoms. The van der Waals surface area contributed by atoms with Gasteiger partial charge in [-0.2, -0.15) is 0 Å². The molecule has 3 rings (SSSR count). The van der Waals surface area contributed by atoms with Crippen LogP contribution >= 0.6 is 11.6 Å². The van der Waals surface area contributed by atoms with Crippen LogP contribution in [0.15, 0.2) is 48.5 Å². The zero-order valence-electron chi connectivity index (χ0n) is 15.1. The lowest BCUT2D eigenvalue weighted by atomic mass is 10.0. The molecule has 2 aromatic carbocycles. The molecule has 1 heterocycles. The zero-order valence-corrected chi connectivity index (χ0v) is 15.8. The maximum absolute atomic E-state index is 12.3. The topological polar surface area (TPSA) is 72.3 Å². The van der Waals surface area contributed by atoms with E-state index in [4.69, 9.17) is 16.3 Å². The molecule has 3 aromatic rings. The molecule has 1 aromatic heterocycles. The maximum Gasteiger partial charge on any atom is 0.358 e. The Morgan fingerprint density at radius 1 is 1.00 bits per heavy atom. The fourth-order valence-electron chi connectivity index (χ4n) is 2.67. The number of aliphatic hydroxyl groups excluding tert-OH is 1. The number of ether oxygens (including phenoxy) is 1. The van der Waals surface area contributed by atoms with E-state index >= 15 is 0 Å². The smallest absolute Gasteiger partial charge is 0.358 e. The van der Waals surface area contributed by atoms with Crippen LogP contribution < -0.4 is 0 Å². The summed E-state index contributed by atoms with van der Waals surface area (Å²) in [5, 5.41) is 10.3. The first-order valence-corrected chi connectivity index (χ1v) is 8.93. The predicted molar refractivity (Wildman–Crippen MR) is 105 cm³/mol. The summed E-state index contributed by atoms with van der Waals surface area (Å²) in [4.78, 5) is 21.4. The highest BCUT2D eigenvalue weighted by atomic mass is 35.5. The molecule has 0 unspecified atom stereocenters. The lowest BCUT2D eigenvalue weighted by Gasteiger charge is -2.14. The highest BCUT2D eigenvalue weighted by Gasteiger charge is 2.21. The molecule has 0 bridgehead atoms. The van der Waals surface area contributed by atoms with Crippen molar-refractivity contribution in [2.24, 2.45) is 0 Å². The fraction of sp³-hybridized carbons (Fsp3) is 0.190. The van der Waals surface area contributed by atoms with Crippen molar-refractivity contribution in [1.29, 1.82) is 0 Å². The second kappa shape index (κ2) is 8.29. The van der Waals surface area contributed by atoms with Crippen LogP contribution in [-0.2, 0) is 11.3 Å². The summed E-state index contributed by atoms with van der Waals surface area (Å²) in [5.41, 5.74) is 4.00. The average Bonchev–Trinajstić information content (AvgIpc) is 2.68. The molecular formula is C21H19ClN2O3. The van der Waals surface area contributed by atoms with Gasteiger partial charge in [0.1, 0.15) is 0 Å². The highest BCUT2D eigenvalue weighted by molar-refractivity contribution is 6.30. The van der Waals surface area contributed by atoms with E-state index in [0.717, 1.165) is 16.7 Å². The van der Waals surface area contributed by atoms with Crippen LogP contribution in [0.1, 0.15) is 28.7 Å². The molecule has 27 heavy (non-hydrogen) atoms. The van der Waals surface area contributed by atoms with Crippen molar-refractivity contribution < 1.29 is 14.6 Å². The van der Waals surface area contributed by atoms with Crippen LogP contribution in [0.25, 0.3) is 22.5 Å². The first-order chi connectivity index (χ1) is 13.0. The van der Waals surface area contributed by atoms with Crippen LogP contribution in [0.2, 0.25) is 5.02 Å². The number of rotatable bonds is 5. The van der Waals surface area contributed by atoms with E-state index in [-0.39, 0.29) is 18.0 Å². The second-order valence-corrected chi connectivity index (χ2v) is 6.40. The SMILES string of the molecule is CCOC(=O)c1nc(-c2ccc(C)cc2)c(-c2ccc(Cl)cc2)nc1CO. The first kappa shape index (κ1) is 19.0. The van der Waals surface area contributed by atoms with Crippen LogP contribution in [0.3, 0.4) is 0 Å². The fourth-order valence-corrected chi connectivity index (χ4v) is 2.79. The van der Waals surface area contributed by atoms with Crippen molar-refractivity contribution >= 4 is 17.6 Å². The summed E-state index contributed by atoms with van der Waals surface area (Å²) >= 11 is 6.00. The molecule has 0 amide bonds. The number of halogens is 1. The van der Waals surface area contributed by atoms with Gasteiger partial charge in [0.2, 0.25) is 0 Å². The van der Waals surface area contributed by atoms with Crippen molar-refractivity contribution in [3.63, 3.8) is 0 Å². The molecule has 6 heteroatoms. The molecule has 0 atom stereocenters. The maximum atomic E-state index is 12.3. The van der Waals surface area contributed by atoms with E-state index < -0.39 is 12.6 Å². The van der Waals surface area contributed by atoms with Gasteiger partial charge in [0.25, 0.3) is 0 Å². The van der Waals surface area contributed by atoms with Gasteiger partial charge in [0.15, 0.2) is 5.69 Å². The number of hydrogen-bond acceptors (Lipinski definition) is 5. The van der Waals surface area contributed by atoms with Gasteiger partial charge in [-0.05, 0) is 26.0 Å². The van der Waals surface area contributed by atoms with Gasteiger partial charge in [0.05, 0.1) is 30.3 Å². The number of aryl methyl sites for hydroxylation is 1. The monoisotopic (exact) mass is 382 g/mol. The highest BCUT2D eigenvalue weighted by Crippen LogP contribution is 2.31. The number of nitrogens with zero attached hydrogens (tertiary/aromatic N) is 2. The molecule has 0 aliphatic rings. The van der Waals surface area contributed by atoms with Crippen LogP contribution in [0.5, 0.6) is 0 Å². The molecular weight excluding hydrogens is 364 g/mol. The summed E-state index contributed by atoms with van der Waals surface area (Å²) in [6.45, 7) is 3.50. The van der Waals surface area contributed by atoms with E-state index in [2.05, 4.69) is 9.97 Å². The summed E-state index contributed by atoms with van der Waals surface area (Å²) in [7, 11) is 0. The largest absolute Gasteiger partial charge is 0.461 e. The number of esters is 1. The molecule has 0 fully saturated rings. The summed E-state index contributed by atoms with van der Waals surface area (Å²) < 4.78 is 5.07. The Labute approximate surface area is 162 Å². The minimum absolute atomic E-state index is 0.0210. The van der Waals surface area contributed by atoms with Crippen molar-refractivity contribution in [2.45, 2.75) is 20.5 Å². The van der Waals surface area contributed by atoms with Crippen molar-refractivity contribution in [3.8, 4) is 22.5 Å². The van der Waals surface area contributed by atoms with Gasteiger partial charge < -0.3 is 9.84 Å². The summed E-state index contributed by atoms with van der Waals surface area (Å²) in [5.74, 6) is -0.606. The van der Waals surface area contributed by atoms with Gasteiger partial charge in [0, 0.05) is 16.1 Å². The molecule has 0 saturated carbocycles. The van der Waals surface area contributed by atoms with Gasteiger partial charge >= 0.3 is 5.97 Å². The number of aromatic nitrogens is 2. The van der Waals surface area contributed by atoms with E-state index in [1.807, 2.05) is 43.3 Å². The zero-order chi connectivity index (χ0) is 19.4. The number of hydrogen-bond donors (Lipinski definition) is 1. The molecule has 0 aliphatic heterocycles. The number of carbonyl (C=O) groups is 1. The average molecular weight is 383 g/mol. The molecule has 1 N–H and O–H groups in total. The quantitative estimate of drug-likeness (QED) is 0.660. The lowest BCUT2D eigenvalue weighted by Crippen LogP contribution is -2.14. The third kappa shape index (κ3) is 4.15. The second-order valence-electron chi connectivity index (χ2n) is 5.97. The molecule has 5 nitrogen and oxygen atoms in total. The number of benzene rings is 2. The van der Waals surface area contributed by atoms with E-state index in [1.54, 1.807) is 19.1 Å². The van der Waals surface area contributed by atoms with E-state index in [0.29, 0.717) is 16.4 Å². The Bertz CT molecular complexity index is 954. The van der Waals surface area contributed by atoms with Crippen LogP contribution in [-0.4, -0.2) is 27.7 Å². The van der Waals surface area contributed by atoms with Crippen LogP contribution in [0.4, 0.5) is 0 Å². The van der Waals surface area contributed by atoms with Gasteiger partial charge in [-0.1, -0.05) is 53.6 Å². The Morgan fingerprint density at radius 3 is 2.11 bits per heavy atom. The summed E-state index contributed by atoms with van der Waals surface area (Å²) in [6, 6.07) is 15.0. The van der Waals surface area contributed by atoms with Crippen molar-refractivity contribution in [3.05, 3.63) is 70.5 Å². The first-order valence-electron chi connectivity index (χ1n) is 8.55. The Kier molecular flexibility index (Phi) is 5.84. The van der Waals surface area contributed by atoms with Gasteiger partial charge in [-0.25, -0.2) is 14.8 Å². The molecule has 0 radical (unpaired) electrons. The van der Waals surface area contributed by atoms with Crippen molar-refractivity contribution in [1.82, 2.24) is 9.97 Å². The van der Waals surface area contributed by atoms with E-state index in [1.165, 1.54) is 0 Å². The Morgan fingerprint density at radius 2 is 1.56 bits per heavy atom. The number of carbonyl (C=O) groups excluding carboxylic acids is 1. The van der Waals surface area contributed by atoms with Crippen LogP contribution in [0, 0.1) is 6.92 Å². The summed E-state index contributed by atoms with van der Waals surface area (Å²) in [6.07, 6.45) is 0. The molecule has 0 saturated heterocycles. The molecule has 138 valence electrons. The minimum Gasteiger partial charge on any atom is -0.461 e. The van der Waals surface area contributed by atoms with Gasteiger partial charge in [-0.3, -0.25) is 0 Å². The molecule has 0 aliphatic carbocycles. The number of aliphatic hydroxyl groups is 1. The minimum atomic E-state index is -0.606. The Balaban J connectivity index is 2.25. The predicted octanol–water partition coefficient (Wildman–Crippen LogP) is 4.44. The Hall–Kier alpha value is -2.76.